The smallest absolute Gasteiger partial charge is 0.141 e. The van der Waals surface area contributed by atoms with Crippen molar-refractivity contribution >= 4 is 33.5 Å². The first-order chi connectivity index (χ1) is 12.1. The third-order valence-electron chi connectivity index (χ3n) is 4.64. The number of nitrogens with zero attached hydrogens (tertiary/aromatic N) is 3. The van der Waals surface area contributed by atoms with Crippen molar-refractivity contribution in [3.8, 4) is 11.1 Å². The van der Waals surface area contributed by atoms with E-state index in [1.807, 2.05) is 32.2 Å². The molecule has 0 saturated carbocycles. The van der Waals surface area contributed by atoms with Gasteiger partial charge in [0.15, 0.2) is 0 Å². The summed E-state index contributed by atoms with van der Waals surface area (Å²) in [5, 5.41) is 5.34. The van der Waals surface area contributed by atoms with E-state index in [4.69, 9.17) is 4.52 Å². The van der Waals surface area contributed by atoms with Crippen molar-refractivity contribution in [1.82, 2.24) is 14.7 Å². The Bertz CT molecular complexity index is 1030. The minimum atomic E-state index is 0.159. The zero-order chi connectivity index (χ0) is 17.6. The fraction of sp³-hybridized carbons (Fsp3) is 0.200. The van der Waals surface area contributed by atoms with Crippen LogP contribution in [0.4, 0.5) is 0 Å². The van der Waals surface area contributed by atoms with Crippen LogP contribution in [0.5, 0.6) is 0 Å². The predicted molar refractivity (Wildman–Crippen MR) is 108 cm³/mol. The molecule has 4 rings (SSSR count). The summed E-state index contributed by atoms with van der Waals surface area (Å²) in [6.45, 7) is 6.12. The molecule has 0 radical (unpaired) electrons. The van der Waals surface area contributed by atoms with Crippen molar-refractivity contribution in [2.24, 2.45) is 0 Å². The lowest BCUT2D eigenvalue weighted by atomic mass is 10.0. The summed E-state index contributed by atoms with van der Waals surface area (Å²) in [5.74, 6) is 0.849. The van der Waals surface area contributed by atoms with Gasteiger partial charge in [0.05, 0.1) is 22.9 Å². The number of aromatic nitrogens is 3. The second kappa shape index (κ2) is 6.29. The van der Waals surface area contributed by atoms with E-state index in [-0.39, 0.29) is 6.04 Å². The molecular weight excluding hydrogens is 425 g/mol. The van der Waals surface area contributed by atoms with Crippen LogP contribution in [0.1, 0.15) is 30.1 Å². The number of hydrogen-bond acceptors (Lipinski definition) is 3. The Morgan fingerprint density at radius 2 is 2.00 bits per heavy atom. The molecule has 0 saturated heterocycles. The largest absolute Gasteiger partial charge is 0.361 e. The maximum absolute atomic E-state index is 5.35. The number of fused-ring (bicyclic) bond motifs is 1. The van der Waals surface area contributed by atoms with Crippen LogP contribution in [0, 0.1) is 17.4 Å². The molecule has 5 heteroatoms. The van der Waals surface area contributed by atoms with E-state index in [0.717, 1.165) is 28.3 Å². The first-order valence-corrected chi connectivity index (χ1v) is 9.28. The van der Waals surface area contributed by atoms with Gasteiger partial charge in [0.1, 0.15) is 5.76 Å². The quantitative estimate of drug-likeness (QED) is 0.392. The second-order valence-corrected chi connectivity index (χ2v) is 7.41. The molecule has 3 aromatic heterocycles. The topological polar surface area (TPSA) is 43.9 Å². The monoisotopic (exact) mass is 443 g/mol. The summed E-state index contributed by atoms with van der Waals surface area (Å²) in [4.78, 5) is 4.52. The SMILES string of the molecule is Cc1noc(C)c1-c1ccc2c(I)cn([C@@H](C)c3ccccn3)c2c1. The minimum absolute atomic E-state index is 0.159. The lowest BCUT2D eigenvalue weighted by molar-refractivity contribution is 0.393. The van der Waals surface area contributed by atoms with E-state index in [1.54, 1.807) is 0 Å². The third-order valence-corrected chi connectivity index (χ3v) is 5.50. The summed E-state index contributed by atoms with van der Waals surface area (Å²) in [6, 6.07) is 12.8. The van der Waals surface area contributed by atoms with Crippen LogP contribution >= 0.6 is 22.6 Å². The van der Waals surface area contributed by atoms with Gasteiger partial charge in [-0.25, -0.2) is 0 Å². The molecular formula is C20H18IN3O. The molecule has 1 atom stereocenters. The van der Waals surface area contributed by atoms with Crippen molar-refractivity contribution < 1.29 is 4.52 Å². The zero-order valence-electron chi connectivity index (χ0n) is 14.3. The number of halogens is 1. The number of benzene rings is 1. The van der Waals surface area contributed by atoms with Gasteiger partial charge in [-0.2, -0.15) is 0 Å². The van der Waals surface area contributed by atoms with E-state index < -0.39 is 0 Å². The van der Waals surface area contributed by atoms with E-state index in [1.165, 1.54) is 14.5 Å². The lowest BCUT2D eigenvalue weighted by Gasteiger charge is -2.15. The van der Waals surface area contributed by atoms with Crippen molar-refractivity contribution in [2.75, 3.05) is 0 Å². The van der Waals surface area contributed by atoms with Crippen LogP contribution in [-0.2, 0) is 0 Å². The van der Waals surface area contributed by atoms with Crippen molar-refractivity contribution in [3.63, 3.8) is 0 Å². The average Bonchev–Trinajstić information content (AvgIpc) is 3.14. The van der Waals surface area contributed by atoms with E-state index in [9.17, 15) is 0 Å². The zero-order valence-corrected chi connectivity index (χ0v) is 16.5. The molecule has 0 spiro atoms. The first-order valence-electron chi connectivity index (χ1n) is 8.20. The Labute approximate surface area is 160 Å². The van der Waals surface area contributed by atoms with Crippen molar-refractivity contribution in [3.05, 3.63) is 69.5 Å². The molecule has 0 aliphatic heterocycles. The highest BCUT2D eigenvalue weighted by molar-refractivity contribution is 14.1. The van der Waals surface area contributed by atoms with Crippen LogP contribution in [0.2, 0.25) is 0 Å². The van der Waals surface area contributed by atoms with Crippen LogP contribution in [0.25, 0.3) is 22.0 Å². The maximum atomic E-state index is 5.35. The molecule has 0 bridgehead atoms. The van der Waals surface area contributed by atoms with Crippen LogP contribution in [-0.4, -0.2) is 14.7 Å². The standard InChI is InChI=1S/C20H18IN3O/c1-12-20(14(3)25-23-12)15-7-8-16-17(21)11-24(19(16)10-15)13(2)18-6-4-5-9-22-18/h4-11,13H,1-3H3/t13-/m0/s1. The molecule has 0 N–H and O–H groups in total. The van der Waals surface area contributed by atoms with Crippen LogP contribution in [0.3, 0.4) is 0 Å². The summed E-state index contributed by atoms with van der Waals surface area (Å²) >= 11 is 2.40. The predicted octanol–water partition coefficient (Wildman–Crippen LogP) is 5.52. The number of pyridine rings is 1. The van der Waals surface area contributed by atoms with Gasteiger partial charge in [-0.05, 0) is 67.1 Å². The Hall–Kier alpha value is -2.15. The Kier molecular flexibility index (Phi) is 4.11. The fourth-order valence-corrected chi connectivity index (χ4v) is 4.10. The van der Waals surface area contributed by atoms with Gasteiger partial charge in [0, 0.05) is 26.9 Å². The number of aryl methyl sites for hydroxylation is 2. The molecule has 0 amide bonds. The molecule has 126 valence electrons. The Morgan fingerprint density at radius 1 is 1.16 bits per heavy atom. The van der Waals surface area contributed by atoms with Crippen LogP contribution in [0.15, 0.2) is 53.3 Å². The fourth-order valence-electron chi connectivity index (χ4n) is 3.35. The average molecular weight is 443 g/mol. The summed E-state index contributed by atoms with van der Waals surface area (Å²) in [5.41, 5.74) is 5.38. The Morgan fingerprint density at radius 3 is 2.68 bits per heavy atom. The lowest BCUT2D eigenvalue weighted by Crippen LogP contribution is -2.07. The minimum Gasteiger partial charge on any atom is -0.361 e. The Balaban J connectivity index is 1.90. The van der Waals surface area contributed by atoms with Gasteiger partial charge < -0.3 is 9.09 Å². The van der Waals surface area contributed by atoms with E-state index in [0.29, 0.717) is 0 Å². The molecule has 4 nitrogen and oxygen atoms in total. The van der Waals surface area contributed by atoms with Gasteiger partial charge in [-0.15, -0.1) is 0 Å². The number of rotatable bonds is 3. The number of hydrogen-bond donors (Lipinski definition) is 0. The van der Waals surface area contributed by atoms with E-state index >= 15 is 0 Å². The van der Waals surface area contributed by atoms with Gasteiger partial charge >= 0.3 is 0 Å². The first kappa shape index (κ1) is 16.3. The van der Waals surface area contributed by atoms with Gasteiger partial charge in [0.25, 0.3) is 0 Å². The molecule has 1 aromatic carbocycles. The molecule has 3 heterocycles. The van der Waals surface area contributed by atoms with Crippen LogP contribution < -0.4 is 0 Å². The molecule has 0 fully saturated rings. The highest BCUT2D eigenvalue weighted by Crippen LogP contribution is 2.34. The molecule has 0 unspecified atom stereocenters. The van der Waals surface area contributed by atoms with Gasteiger partial charge in [-0.3, -0.25) is 4.98 Å². The molecule has 0 aliphatic rings. The highest BCUT2D eigenvalue weighted by Gasteiger charge is 2.17. The third kappa shape index (κ3) is 2.76. The van der Waals surface area contributed by atoms with Gasteiger partial charge in [-0.1, -0.05) is 23.4 Å². The summed E-state index contributed by atoms with van der Waals surface area (Å²) < 4.78 is 8.88. The molecule has 4 aromatic rings. The van der Waals surface area contributed by atoms with E-state index in [2.05, 4.69) is 74.7 Å². The highest BCUT2D eigenvalue weighted by atomic mass is 127. The normalized spacial score (nSPS) is 12.6. The van der Waals surface area contributed by atoms with Crippen molar-refractivity contribution in [2.45, 2.75) is 26.8 Å². The molecule has 25 heavy (non-hydrogen) atoms. The second-order valence-electron chi connectivity index (χ2n) is 6.25. The van der Waals surface area contributed by atoms with Crippen molar-refractivity contribution in [1.29, 1.82) is 0 Å². The summed E-state index contributed by atoms with van der Waals surface area (Å²) in [6.07, 6.45) is 4.04. The molecule has 0 aliphatic carbocycles. The summed E-state index contributed by atoms with van der Waals surface area (Å²) in [7, 11) is 0. The maximum Gasteiger partial charge on any atom is 0.141 e. The van der Waals surface area contributed by atoms with Gasteiger partial charge in [0.2, 0.25) is 0 Å².